The van der Waals surface area contributed by atoms with Crippen LogP contribution in [0.2, 0.25) is 0 Å². The first-order valence-electron chi connectivity index (χ1n) is 24.7. The standard InChI is InChI=1S/C63H67BN2O/c1-38-31-53-56-54(32-38)66(51-27-23-43(60(5,6)7)34-46(51)41-20-19-39-17-15-16-18-40(39)33-41)52-37-49-48(62(11,12)29-30-63(49,13)14)36-50(52)64(56)58-57(47-35-44(61(8,9)10)24-28-55(47)67-58)65(53)45-25-21-42(22-26-45)59(2,3)4/h15-28,31-37H,29-30H2,1-14H3. The maximum Gasteiger partial charge on any atom is 0.297 e. The lowest BCUT2D eigenvalue weighted by Gasteiger charge is -2.47. The van der Waals surface area contributed by atoms with E-state index in [0.717, 1.165) is 40.8 Å². The molecule has 1 aromatic heterocycles. The number of fused-ring (bicyclic) bond motifs is 8. The van der Waals surface area contributed by atoms with Crippen molar-refractivity contribution in [2.24, 2.45) is 0 Å². The maximum absolute atomic E-state index is 7.43. The van der Waals surface area contributed by atoms with Crippen molar-refractivity contribution >= 4 is 79.2 Å². The Morgan fingerprint density at radius 2 is 1.10 bits per heavy atom. The molecule has 1 aliphatic carbocycles. The van der Waals surface area contributed by atoms with E-state index >= 15 is 0 Å². The molecule has 0 amide bonds. The highest BCUT2D eigenvalue weighted by Gasteiger charge is 2.49. The molecule has 2 aliphatic heterocycles. The van der Waals surface area contributed by atoms with Crippen molar-refractivity contribution in [1.82, 2.24) is 0 Å². The molecule has 338 valence electrons. The highest BCUT2D eigenvalue weighted by atomic mass is 16.3. The summed E-state index contributed by atoms with van der Waals surface area (Å²) in [6, 6.07) is 49.5. The molecule has 0 atom stereocenters. The summed E-state index contributed by atoms with van der Waals surface area (Å²) in [5, 5.41) is 3.66. The third-order valence-corrected chi connectivity index (χ3v) is 15.8. The minimum absolute atomic E-state index is 0.0112. The van der Waals surface area contributed by atoms with Gasteiger partial charge in [0.25, 0.3) is 6.71 Å². The van der Waals surface area contributed by atoms with Gasteiger partial charge in [-0.2, -0.15) is 0 Å². The second-order valence-corrected chi connectivity index (χ2v) is 24.7. The van der Waals surface area contributed by atoms with Crippen LogP contribution in [0.4, 0.5) is 34.1 Å². The van der Waals surface area contributed by atoms with Crippen LogP contribution < -0.4 is 26.4 Å². The SMILES string of the molecule is Cc1cc2c3c(c1)N(c1ccc(C(C)(C)C)cc1)c1c(oc4ccc(C(C)(C)C)cc14)B3c1cc3c(cc1N2c1ccc(C(C)(C)C)cc1-c1ccc2ccccc2c1)C(C)(C)CCC3(C)C. The lowest BCUT2D eigenvalue weighted by Crippen LogP contribution is -2.61. The third kappa shape index (κ3) is 6.90. The van der Waals surface area contributed by atoms with Crippen LogP contribution in [-0.4, -0.2) is 6.71 Å². The van der Waals surface area contributed by atoms with Crippen LogP contribution >= 0.6 is 0 Å². The molecule has 0 saturated carbocycles. The molecule has 0 radical (unpaired) electrons. The van der Waals surface area contributed by atoms with Crippen LogP contribution in [0.3, 0.4) is 0 Å². The second kappa shape index (κ2) is 14.5. The Morgan fingerprint density at radius 1 is 0.522 bits per heavy atom. The Hall–Kier alpha value is -6.00. The Bertz CT molecular complexity index is 3320. The van der Waals surface area contributed by atoms with Crippen LogP contribution in [0.5, 0.6) is 0 Å². The first kappa shape index (κ1) is 43.6. The fraction of sp³-hybridized carbons (Fsp3) is 0.333. The average Bonchev–Trinajstić information content (AvgIpc) is 3.65. The maximum atomic E-state index is 7.43. The zero-order chi connectivity index (χ0) is 47.3. The summed E-state index contributed by atoms with van der Waals surface area (Å²) >= 11 is 0. The molecular formula is C63H67BN2O. The summed E-state index contributed by atoms with van der Waals surface area (Å²) < 4.78 is 7.43. The van der Waals surface area contributed by atoms with Gasteiger partial charge >= 0.3 is 0 Å². The Labute approximate surface area is 400 Å². The average molecular weight is 879 g/mol. The van der Waals surface area contributed by atoms with E-state index in [2.05, 4.69) is 234 Å². The number of nitrogens with zero attached hydrogens (tertiary/aromatic N) is 2. The Morgan fingerprint density at radius 3 is 1.76 bits per heavy atom. The van der Waals surface area contributed by atoms with Crippen LogP contribution in [0.25, 0.3) is 32.9 Å². The van der Waals surface area contributed by atoms with Crippen LogP contribution in [0, 0.1) is 6.92 Å². The van der Waals surface area contributed by atoms with Gasteiger partial charge in [0.05, 0.1) is 17.0 Å². The van der Waals surface area contributed by atoms with Crippen molar-refractivity contribution in [2.45, 2.75) is 137 Å². The fourth-order valence-electron chi connectivity index (χ4n) is 11.6. The van der Waals surface area contributed by atoms with Gasteiger partial charge in [-0.15, -0.1) is 0 Å². The predicted octanol–water partition coefficient (Wildman–Crippen LogP) is 15.9. The van der Waals surface area contributed by atoms with Gasteiger partial charge in [-0.3, -0.25) is 0 Å². The molecule has 0 bridgehead atoms. The van der Waals surface area contributed by atoms with E-state index in [0.29, 0.717) is 0 Å². The number of rotatable bonds is 3. The van der Waals surface area contributed by atoms with E-state index in [1.54, 1.807) is 0 Å². The molecule has 3 nitrogen and oxygen atoms in total. The topological polar surface area (TPSA) is 19.6 Å². The van der Waals surface area contributed by atoms with E-state index in [1.165, 1.54) is 89.0 Å². The van der Waals surface area contributed by atoms with Gasteiger partial charge in [-0.05, 0) is 168 Å². The molecule has 0 saturated heterocycles. The van der Waals surface area contributed by atoms with Gasteiger partial charge in [0, 0.05) is 33.7 Å². The molecule has 0 N–H and O–H groups in total. The molecule has 7 aromatic carbocycles. The number of furan rings is 1. The number of anilines is 6. The van der Waals surface area contributed by atoms with Crippen molar-refractivity contribution < 1.29 is 4.42 Å². The first-order chi connectivity index (χ1) is 31.5. The summed E-state index contributed by atoms with van der Waals surface area (Å²) in [6.45, 7) is 32.8. The normalized spacial score (nSPS) is 16.2. The molecule has 3 aliphatic rings. The molecule has 0 fully saturated rings. The molecule has 11 rings (SSSR count). The monoisotopic (exact) mass is 879 g/mol. The highest BCUT2D eigenvalue weighted by Crippen LogP contribution is 2.53. The molecule has 3 heterocycles. The van der Waals surface area contributed by atoms with E-state index in [-0.39, 0.29) is 33.8 Å². The van der Waals surface area contributed by atoms with Gasteiger partial charge in [-0.25, -0.2) is 0 Å². The number of hydrogen-bond acceptors (Lipinski definition) is 3. The van der Waals surface area contributed by atoms with Gasteiger partial charge < -0.3 is 14.2 Å². The number of benzene rings is 7. The van der Waals surface area contributed by atoms with E-state index in [9.17, 15) is 0 Å². The van der Waals surface area contributed by atoms with Gasteiger partial charge in [0.15, 0.2) is 0 Å². The Balaban J connectivity index is 1.28. The zero-order valence-corrected chi connectivity index (χ0v) is 42.4. The summed E-state index contributed by atoms with van der Waals surface area (Å²) in [4.78, 5) is 5.20. The summed E-state index contributed by atoms with van der Waals surface area (Å²) in [5.41, 5.74) is 22.2. The molecule has 0 spiro atoms. The smallest absolute Gasteiger partial charge is 0.297 e. The lowest BCUT2D eigenvalue weighted by atomic mass is 9.35. The largest absolute Gasteiger partial charge is 0.468 e. The first-order valence-corrected chi connectivity index (χ1v) is 24.7. The number of aryl methyl sites for hydroxylation is 1. The van der Waals surface area contributed by atoms with E-state index in [1.807, 2.05) is 0 Å². The number of hydrogen-bond donors (Lipinski definition) is 0. The second-order valence-electron chi connectivity index (χ2n) is 24.7. The van der Waals surface area contributed by atoms with Crippen molar-refractivity contribution in [3.63, 3.8) is 0 Å². The van der Waals surface area contributed by atoms with Crippen molar-refractivity contribution in [1.29, 1.82) is 0 Å². The highest BCUT2D eigenvalue weighted by molar-refractivity contribution is 7.00. The molecule has 67 heavy (non-hydrogen) atoms. The fourth-order valence-corrected chi connectivity index (χ4v) is 11.6. The van der Waals surface area contributed by atoms with Crippen LogP contribution in [0.1, 0.15) is 136 Å². The molecule has 8 aromatic rings. The zero-order valence-electron chi connectivity index (χ0n) is 42.4. The summed E-state index contributed by atoms with van der Waals surface area (Å²) in [6.07, 6.45) is 2.29. The molecular weight excluding hydrogens is 812 g/mol. The summed E-state index contributed by atoms with van der Waals surface area (Å²) in [7, 11) is 0. The molecule has 4 heteroatoms. The van der Waals surface area contributed by atoms with Crippen LogP contribution in [-0.2, 0) is 27.1 Å². The van der Waals surface area contributed by atoms with E-state index < -0.39 is 0 Å². The summed E-state index contributed by atoms with van der Waals surface area (Å²) in [5.74, 6) is 0. The minimum Gasteiger partial charge on any atom is -0.468 e. The van der Waals surface area contributed by atoms with Gasteiger partial charge in [-0.1, -0.05) is 157 Å². The van der Waals surface area contributed by atoms with Crippen molar-refractivity contribution in [3.05, 3.63) is 161 Å². The molecule has 0 unspecified atom stereocenters. The third-order valence-electron chi connectivity index (χ3n) is 15.8. The Kier molecular flexibility index (Phi) is 9.43. The van der Waals surface area contributed by atoms with Gasteiger partial charge in [0.2, 0.25) is 0 Å². The quantitative estimate of drug-likeness (QED) is 0.165. The minimum atomic E-state index is -0.133. The lowest BCUT2D eigenvalue weighted by molar-refractivity contribution is 0.332. The van der Waals surface area contributed by atoms with E-state index in [4.69, 9.17) is 4.42 Å². The predicted molar refractivity (Wildman–Crippen MR) is 289 cm³/mol. The van der Waals surface area contributed by atoms with Crippen molar-refractivity contribution in [2.75, 3.05) is 9.80 Å². The van der Waals surface area contributed by atoms with Crippen molar-refractivity contribution in [3.8, 4) is 11.1 Å². The van der Waals surface area contributed by atoms with Crippen LogP contribution in [0.15, 0.2) is 132 Å². The van der Waals surface area contributed by atoms with Gasteiger partial charge in [0.1, 0.15) is 5.58 Å².